The average Bonchev–Trinajstić information content (AvgIpc) is 3.24. The number of fused-ring (bicyclic) bond motifs is 2. The summed E-state index contributed by atoms with van der Waals surface area (Å²) in [6, 6.07) is 20.7. The van der Waals surface area contributed by atoms with E-state index >= 15 is 0 Å². The van der Waals surface area contributed by atoms with Crippen LogP contribution in [0.2, 0.25) is 0 Å². The van der Waals surface area contributed by atoms with Gasteiger partial charge >= 0.3 is 6.09 Å². The van der Waals surface area contributed by atoms with Gasteiger partial charge in [-0.2, -0.15) is 0 Å². The maximum absolute atomic E-state index is 13.8. The first-order valence-electron chi connectivity index (χ1n) is 20.3. The van der Waals surface area contributed by atoms with Crippen molar-refractivity contribution in [2.45, 2.75) is 82.6 Å². The Labute approximate surface area is 340 Å². The molecule has 1 fully saturated rings. The van der Waals surface area contributed by atoms with Crippen molar-refractivity contribution in [3.8, 4) is 17.2 Å². The fourth-order valence-corrected chi connectivity index (χ4v) is 9.00. The zero-order valence-electron chi connectivity index (χ0n) is 33.4. The number of hydrogen-bond acceptors (Lipinski definition) is 11. The molecule has 13 heteroatoms. The van der Waals surface area contributed by atoms with E-state index in [0.29, 0.717) is 48.8 Å². The van der Waals surface area contributed by atoms with Crippen molar-refractivity contribution in [3.05, 3.63) is 118 Å². The minimum Gasteiger partial charge on any atom is -0.459 e. The molecule has 0 saturated heterocycles. The van der Waals surface area contributed by atoms with Crippen LogP contribution in [0.25, 0.3) is 0 Å². The lowest BCUT2D eigenvalue weighted by Gasteiger charge is -2.59. The van der Waals surface area contributed by atoms with Crippen molar-refractivity contribution >= 4 is 17.5 Å². The van der Waals surface area contributed by atoms with Gasteiger partial charge in [-0.15, -0.1) is 6.58 Å². The number of benzene rings is 3. The molecule has 6 rings (SSSR count). The third-order valence-corrected chi connectivity index (χ3v) is 11.4. The molecular formula is C45H55N3O10. The molecule has 1 aliphatic heterocycles. The van der Waals surface area contributed by atoms with Gasteiger partial charge < -0.3 is 34.0 Å². The van der Waals surface area contributed by atoms with E-state index in [4.69, 9.17) is 28.9 Å². The molecular weight excluding hydrogens is 743 g/mol. The predicted octanol–water partition coefficient (Wildman–Crippen LogP) is 8.70. The number of aliphatic hydroxyl groups is 2. The summed E-state index contributed by atoms with van der Waals surface area (Å²) in [4.78, 5) is 32.7. The van der Waals surface area contributed by atoms with Crippen LogP contribution < -0.4 is 9.47 Å². The summed E-state index contributed by atoms with van der Waals surface area (Å²) in [6.07, 6.45) is 8.72. The highest BCUT2D eigenvalue weighted by Crippen LogP contribution is 2.62. The van der Waals surface area contributed by atoms with E-state index in [2.05, 4.69) is 12.7 Å². The second-order valence-electron chi connectivity index (χ2n) is 15.1. The largest absolute Gasteiger partial charge is 0.459 e. The lowest BCUT2D eigenvalue weighted by atomic mass is 9.55. The first-order valence-corrected chi connectivity index (χ1v) is 20.3. The fraction of sp³-hybridized carbons (Fsp3) is 0.467. The molecule has 0 spiro atoms. The molecule has 0 radical (unpaired) electrons. The first kappa shape index (κ1) is 42.4. The normalized spacial score (nSPS) is 23.8. The third kappa shape index (κ3) is 9.22. The van der Waals surface area contributed by atoms with Crippen LogP contribution in [-0.4, -0.2) is 77.1 Å². The number of carbonyl (C=O) groups is 1. The molecule has 2 aliphatic carbocycles. The van der Waals surface area contributed by atoms with E-state index in [1.165, 1.54) is 19.2 Å². The van der Waals surface area contributed by atoms with Gasteiger partial charge in [0.15, 0.2) is 0 Å². The second kappa shape index (κ2) is 20.0. The Morgan fingerprint density at radius 2 is 1.79 bits per heavy atom. The van der Waals surface area contributed by atoms with Gasteiger partial charge in [0.1, 0.15) is 29.9 Å². The van der Waals surface area contributed by atoms with Gasteiger partial charge in [-0.25, -0.2) is 4.79 Å². The molecule has 1 heterocycles. The molecule has 6 atom stereocenters. The van der Waals surface area contributed by atoms with E-state index in [1.54, 1.807) is 29.2 Å². The Balaban J connectivity index is 1.57. The molecule has 0 aromatic heterocycles. The number of allylic oxidation sites excluding steroid dienone is 1. The Kier molecular flexibility index (Phi) is 14.6. The number of oxime groups is 1. The van der Waals surface area contributed by atoms with Crippen LogP contribution in [0.5, 0.6) is 17.2 Å². The van der Waals surface area contributed by atoms with E-state index in [-0.39, 0.29) is 56.3 Å². The summed E-state index contributed by atoms with van der Waals surface area (Å²) in [5.41, 5.74) is 3.32. The van der Waals surface area contributed by atoms with Crippen molar-refractivity contribution < 1.29 is 43.7 Å². The number of nitro benzene ring substituents is 1. The molecule has 58 heavy (non-hydrogen) atoms. The molecule has 2 N–H and O–H groups in total. The summed E-state index contributed by atoms with van der Waals surface area (Å²) in [5, 5.41) is 36.2. The third-order valence-electron chi connectivity index (χ3n) is 11.4. The maximum atomic E-state index is 13.8. The minimum atomic E-state index is -1.42. The molecule has 1 saturated carbocycles. The molecule has 0 unspecified atom stereocenters. The van der Waals surface area contributed by atoms with Gasteiger partial charge in [0.2, 0.25) is 5.79 Å². The van der Waals surface area contributed by atoms with E-state index in [1.807, 2.05) is 49.4 Å². The van der Waals surface area contributed by atoms with Crippen molar-refractivity contribution in [1.82, 2.24) is 4.90 Å². The van der Waals surface area contributed by atoms with Gasteiger partial charge in [-0.05, 0) is 79.3 Å². The van der Waals surface area contributed by atoms with Gasteiger partial charge in [-0.1, -0.05) is 73.5 Å². The maximum Gasteiger partial charge on any atom is 0.409 e. The molecule has 1 amide bonds. The Bertz CT molecular complexity index is 1940. The smallest absolute Gasteiger partial charge is 0.409 e. The number of unbranched alkanes of at least 4 members (excludes halogenated alkanes) is 2. The number of aliphatic hydroxyl groups excluding tert-OH is 2. The Hall–Kier alpha value is -5.24. The molecule has 310 valence electrons. The van der Waals surface area contributed by atoms with Crippen molar-refractivity contribution in [2.75, 3.05) is 33.5 Å². The summed E-state index contributed by atoms with van der Waals surface area (Å²) in [6.45, 7) is 6.85. The number of hydrogen-bond donors (Lipinski definition) is 2. The topological polar surface area (TPSA) is 162 Å². The fourth-order valence-electron chi connectivity index (χ4n) is 9.00. The highest BCUT2D eigenvalue weighted by Gasteiger charge is 2.65. The SMILES string of the molecule is C=CCO[C@@]12Oc3ccc(Oc4cccc([N+](=O)[O-])c4)cc3[C@H]3[C@H](CCCCO)[C@@H](CCCCO)C=C(C(=NOCc4ccccc4)C[C@@H]1N(CCC)C(=O)OC)[C@H]32. The number of methoxy groups -OCH3 is 1. The number of nitrogens with zero attached hydrogens (tertiary/aromatic N) is 3. The number of ether oxygens (including phenoxy) is 4. The summed E-state index contributed by atoms with van der Waals surface area (Å²) in [7, 11) is 1.37. The van der Waals surface area contributed by atoms with Crippen LogP contribution in [0.1, 0.15) is 75.3 Å². The number of rotatable bonds is 20. The van der Waals surface area contributed by atoms with Gasteiger partial charge in [0.05, 0.1) is 36.3 Å². The predicted molar refractivity (Wildman–Crippen MR) is 219 cm³/mol. The van der Waals surface area contributed by atoms with Crippen molar-refractivity contribution in [1.29, 1.82) is 0 Å². The highest BCUT2D eigenvalue weighted by atomic mass is 16.7. The van der Waals surface area contributed by atoms with E-state index in [9.17, 15) is 25.1 Å². The van der Waals surface area contributed by atoms with Gasteiger partial charge in [0.25, 0.3) is 5.69 Å². The Morgan fingerprint density at radius 3 is 2.50 bits per heavy atom. The molecule has 3 aromatic rings. The number of amides is 1. The zero-order chi connectivity index (χ0) is 41.1. The average molecular weight is 798 g/mol. The number of non-ortho nitro benzene ring substituents is 1. The molecule has 3 aliphatic rings. The summed E-state index contributed by atoms with van der Waals surface area (Å²) >= 11 is 0. The minimum absolute atomic E-state index is 0.00407. The second-order valence-corrected chi connectivity index (χ2v) is 15.1. The van der Waals surface area contributed by atoms with Crippen LogP contribution >= 0.6 is 0 Å². The van der Waals surface area contributed by atoms with Crippen molar-refractivity contribution in [3.63, 3.8) is 0 Å². The van der Waals surface area contributed by atoms with Crippen molar-refractivity contribution in [2.24, 2.45) is 22.9 Å². The number of carbonyl (C=O) groups excluding carboxylic acids is 1. The van der Waals surface area contributed by atoms with Crippen LogP contribution in [-0.2, 0) is 20.9 Å². The van der Waals surface area contributed by atoms with E-state index < -0.39 is 28.8 Å². The summed E-state index contributed by atoms with van der Waals surface area (Å²) in [5.74, 6) is -0.820. The molecule has 3 aromatic carbocycles. The van der Waals surface area contributed by atoms with Crippen LogP contribution in [0.3, 0.4) is 0 Å². The highest BCUT2D eigenvalue weighted by molar-refractivity contribution is 6.03. The van der Waals surface area contributed by atoms with Crippen LogP contribution in [0.15, 0.2) is 102 Å². The van der Waals surface area contributed by atoms with E-state index in [0.717, 1.165) is 42.4 Å². The van der Waals surface area contributed by atoms with Crippen LogP contribution in [0.4, 0.5) is 10.5 Å². The first-order chi connectivity index (χ1) is 28.3. The van der Waals surface area contributed by atoms with Gasteiger partial charge in [-0.3, -0.25) is 15.0 Å². The zero-order valence-corrected chi connectivity index (χ0v) is 33.4. The number of nitro groups is 1. The lowest BCUT2D eigenvalue weighted by Crippen LogP contribution is -2.70. The summed E-state index contributed by atoms with van der Waals surface area (Å²) < 4.78 is 25.9. The van der Waals surface area contributed by atoms with Gasteiger partial charge in [0, 0.05) is 43.7 Å². The standard InChI is InChI=1S/C45H55N3O10/c1-4-22-47(44(51)54-3)41-29-39(46-56-30-31-14-7-6-8-15-31)37-26-32(16-9-11-23-49)36(19-10-12-24-50)42-38-28-35(57-34-18-13-17-33(27-34)48(52)53)20-21-40(38)58-45(41,43(37)42)55-25-5-2/h5-8,13-15,17-18,20-21,26-28,32,36,41-43,49-50H,2,4,9-12,16,19,22-25,29-30H2,1,3H3/t32-,36+,41-,42+,43+,45+/m0/s1. The quantitative estimate of drug-likeness (QED) is 0.0490. The monoisotopic (exact) mass is 797 g/mol. The molecule has 0 bridgehead atoms. The molecule has 13 nitrogen and oxygen atoms in total. The Morgan fingerprint density at radius 1 is 1.03 bits per heavy atom. The lowest BCUT2D eigenvalue weighted by molar-refractivity contribution is -0.384. The van der Waals surface area contributed by atoms with Crippen LogP contribution in [0, 0.1) is 27.9 Å².